The molecule has 0 aromatic heterocycles. The molecule has 8 nitrogen and oxygen atoms in total. The topological polar surface area (TPSA) is 117 Å². The number of hydrogen-bond donors (Lipinski definition) is 2. The average Bonchev–Trinajstić information content (AvgIpc) is 3.25. The molecular formula is C52H98NO7P. The van der Waals surface area contributed by atoms with Crippen LogP contribution in [0.4, 0.5) is 0 Å². The van der Waals surface area contributed by atoms with E-state index in [1.807, 2.05) is 0 Å². The van der Waals surface area contributed by atoms with Crippen LogP contribution in [0.1, 0.15) is 239 Å². The minimum absolute atomic E-state index is 0.0975. The molecule has 0 bridgehead atoms. The summed E-state index contributed by atoms with van der Waals surface area (Å²) in [7, 11) is -4.29. The maximum absolute atomic E-state index is 12.6. The molecule has 0 aromatic carbocycles. The quantitative estimate of drug-likeness (QED) is 0.0269. The van der Waals surface area contributed by atoms with Crippen molar-refractivity contribution in [1.29, 1.82) is 0 Å². The van der Waals surface area contributed by atoms with Crippen molar-refractivity contribution >= 4 is 13.8 Å². The zero-order valence-corrected chi connectivity index (χ0v) is 40.8. The SMILES string of the molecule is CC/C=C\C/C=C\C/C=C\C/C=C\CCCCCCCCC(=O)OC(COCCCCCCCCCCCCCCCCCCCCCCCCC)COP(=O)(O)OCCN. The van der Waals surface area contributed by atoms with Crippen molar-refractivity contribution in [2.75, 3.05) is 33.0 Å². The molecule has 2 atom stereocenters. The van der Waals surface area contributed by atoms with Gasteiger partial charge in [-0.2, -0.15) is 0 Å². The van der Waals surface area contributed by atoms with Gasteiger partial charge in [0.15, 0.2) is 0 Å². The standard InChI is InChI=1S/C52H98NO7P/c1-3-5-7-9-11-13-15-17-19-21-23-24-25-26-28-30-32-34-36-38-40-42-44-47-57-49-51(50-59-61(55,56)58-48-46-53)60-52(54)45-43-41-39-37-35-33-31-29-27-22-20-18-16-14-12-10-8-6-4-2/h6,8,12,14,18,20,27,29,51H,3-5,7,9-11,13,15-17,19,21-26,28,30-50,53H2,1-2H3,(H,55,56)/b8-6-,14-12-,20-18-,29-27-. The lowest BCUT2D eigenvalue weighted by Crippen LogP contribution is -2.28. The Bertz CT molecular complexity index is 1080. The van der Waals surface area contributed by atoms with Gasteiger partial charge in [-0.25, -0.2) is 4.57 Å². The summed E-state index contributed by atoms with van der Waals surface area (Å²) in [5.74, 6) is -0.341. The molecule has 0 saturated carbocycles. The molecule has 61 heavy (non-hydrogen) atoms. The predicted molar refractivity (Wildman–Crippen MR) is 261 cm³/mol. The van der Waals surface area contributed by atoms with Crippen LogP contribution < -0.4 is 5.73 Å². The van der Waals surface area contributed by atoms with E-state index < -0.39 is 13.9 Å². The summed E-state index contributed by atoms with van der Waals surface area (Å²) >= 11 is 0. The number of ether oxygens (including phenoxy) is 2. The van der Waals surface area contributed by atoms with Crippen molar-refractivity contribution in [3.8, 4) is 0 Å². The van der Waals surface area contributed by atoms with Gasteiger partial charge in [-0.15, -0.1) is 0 Å². The van der Waals surface area contributed by atoms with E-state index in [2.05, 4.69) is 62.5 Å². The van der Waals surface area contributed by atoms with E-state index in [1.54, 1.807) is 0 Å². The molecule has 0 aliphatic rings. The lowest BCUT2D eigenvalue weighted by molar-refractivity contribution is -0.154. The molecule has 358 valence electrons. The van der Waals surface area contributed by atoms with Gasteiger partial charge in [0.05, 0.1) is 19.8 Å². The van der Waals surface area contributed by atoms with Gasteiger partial charge in [0, 0.05) is 19.6 Å². The van der Waals surface area contributed by atoms with Gasteiger partial charge >= 0.3 is 13.8 Å². The molecule has 0 fully saturated rings. The number of phosphoric ester groups is 1. The highest BCUT2D eigenvalue weighted by Gasteiger charge is 2.25. The Kier molecular flexibility index (Phi) is 48.2. The Hall–Kier alpha value is -1.54. The smallest absolute Gasteiger partial charge is 0.457 e. The molecule has 3 N–H and O–H groups in total. The second kappa shape index (κ2) is 49.5. The molecular weight excluding hydrogens is 782 g/mol. The molecule has 9 heteroatoms. The Labute approximate surface area is 377 Å². The van der Waals surface area contributed by atoms with E-state index in [-0.39, 0.29) is 32.3 Å². The van der Waals surface area contributed by atoms with E-state index in [4.69, 9.17) is 24.3 Å². The largest absolute Gasteiger partial charge is 0.472 e. The summed E-state index contributed by atoms with van der Waals surface area (Å²) in [6, 6.07) is 0. The number of esters is 1. The first kappa shape index (κ1) is 59.5. The second-order valence-corrected chi connectivity index (χ2v) is 18.5. The summed E-state index contributed by atoms with van der Waals surface area (Å²) in [5, 5.41) is 0. The van der Waals surface area contributed by atoms with Crippen LogP contribution in [0, 0.1) is 0 Å². The zero-order chi connectivity index (χ0) is 44.4. The van der Waals surface area contributed by atoms with Gasteiger partial charge in [0.25, 0.3) is 0 Å². The summed E-state index contributed by atoms with van der Waals surface area (Å²) in [5.41, 5.74) is 5.39. The number of hydrogen-bond acceptors (Lipinski definition) is 7. The first-order chi connectivity index (χ1) is 29.9. The van der Waals surface area contributed by atoms with Crippen LogP contribution in [0.25, 0.3) is 0 Å². The molecule has 2 unspecified atom stereocenters. The van der Waals surface area contributed by atoms with E-state index in [9.17, 15) is 14.3 Å². The van der Waals surface area contributed by atoms with E-state index in [0.29, 0.717) is 13.0 Å². The monoisotopic (exact) mass is 880 g/mol. The Balaban J connectivity index is 3.93. The van der Waals surface area contributed by atoms with Crippen LogP contribution in [0.5, 0.6) is 0 Å². The minimum atomic E-state index is -4.29. The molecule has 0 amide bonds. The minimum Gasteiger partial charge on any atom is -0.457 e. The Morgan fingerprint density at radius 3 is 1.38 bits per heavy atom. The molecule has 0 aromatic rings. The number of carbonyl (C=O) groups is 1. The molecule has 0 spiro atoms. The molecule has 0 saturated heterocycles. The van der Waals surface area contributed by atoms with Crippen molar-refractivity contribution in [3.63, 3.8) is 0 Å². The normalized spacial score (nSPS) is 13.7. The van der Waals surface area contributed by atoms with Gasteiger partial charge in [-0.1, -0.05) is 229 Å². The highest BCUT2D eigenvalue weighted by atomic mass is 31.2. The van der Waals surface area contributed by atoms with E-state index in [1.165, 1.54) is 148 Å². The molecule has 0 rings (SSSR count). The van der Waals surface area contributed by atoms with Crippen LogP contribution in [0.15, 0.2) is 48.6 Å². The Morgan fingerprint density at radius 2 is 0.918 bits per heavy atom. The lowest BCUT2D eigenvalue weighted by Gasteiger charge is -2.20. The third kappa shape index (κ3) is 49.3. The highest BCUT2D eigenvalue weighted by molar-refractivity contribution is 7.47. The second-order valence-electron chi connectivity index (χ2n) is 17.0. The van der Waals surface area contributed by atoms with E-state index in [0.717, 1.165) is 70.6 Å². The van der Waals surface area contributed by atoms with Crippen LogP contribution in [0.3, 0.4) is 0 Å². The fraction of sp³-hybridized carbons (Fsp3) is 0.827. The maximum atomic E-state index is 12.6. The maximum Gasteiger partial charge on any atom is 0.472 e. The third-order valence-corrected chi connectivity index (χ3v) is 12.0. The number of nitrogens with two attached hydrogens (primary N) is 1. The number of rotatable bonds is 49. The summed E-state index contributed by atoms with van der Waals surface area (Å²) in [6.07, 6.45) is 60.1. The fourth-order valence-electron chi connectivity index (χ4n) is 7.28. The van der Waals surface area contributed by atoms with Crippen molar-refractivity contribution < 1.29 is 32.8 Å². The van der Waals surface area contributed by atoms with Crippen molar-refractivity contribution in [1.82, 2.24) is 0 Å². The molecule has 0 aliphatic heterocycles. The lowest BCUT2D eigenvalue weighted by atomic mass is 10.0. The van der Waals surface area contributed by atoms with Gasteiger partial charge in [-0.05, 0) is 51.4 Å². The predicted octanol–water partition coefficient (Wildman–Crippen LogP) is 15.9. The van der Waals surface area contributed by atoms with Crippen molar-refractivity contribution in [2.45, 2.75) is 245 Å². The number of allylic oxidation sites excluding steroid dienone is 8. The summed E-state index contributed by atoms with van der Waals surface area (Å²) < 4.78 is 33.6. The van der Waals surface area contributed by atoms with Crippen LogP contribution >= 0.6 is 7.82 Å². The first-order valence-electron chi connectivity index (χ1n) is 25.6. The highest BCUT2D eigenvalue weighted by Crippen LogP contribution is 2.43. The van der Waals surface area contributed by atoms with Crippen molar-refractivity contribution in [3.05, 3.63) is 48.6 Å². The number of unbranched alkanes of at least 4 members (excludes halogenated alkanes) is 28. The molecule has 0 aliphatic carbocycles. The zero-order valence-electron chi connectivity index (χ0n) is 39.9. The van der Waals surface area contributed by atoms with Crippen LogP contribution in [-0.4, -0.2) is 49.9 Å². The molecule has 0 radical (unpaired) electrons. The van der Waals surface area contributed by atoms with Crippen molar-refractivity contribution in [2.24, 2.45) is 5.73 Å². The Morgan fingerprint density at radius 1 is 0.508 bits per heavy atom. The number of carbonyl (C=O) groups excluding carboxylic acids is 1. The van der Waals surface area contributed by atoms with Gasteiger partial charge < -0.3 is 20.1 Å². The van der Waals surface area contributed by atoms with Gasteiger partial charge in [-0.3, -0.25) is 13.8 Å². The first-order valence-corrected chi connectivity index (χ1v) is 27.1. The van der Waals surface area contributed by atoms with Crippen LogP contribution in [0.2, 0.25) is 0 Å². The van der Waals surface area contributed by atoms with Gasteiger partial charge in [0.2, 0.25) is 0 Å². The van der Waals surface area contributed by atoms with Gasteiger partial charge in [0.1, 0.15) is 6.10 Å². The summed E-state index contributed by atoms with van der Waals surface area (Å²) in [4.78, 5) is 22.6. The number of phosphoric acid groups is 1. The fourth-order valence-corrected chi connectivity index (χ4v) is 8.05. The van der Waals surface area contributed by atoms with E-state index >= 15 is 0 Å². The average molecular weight is 880 g/mol. The van der Waals surface area contributed by atoms with Crippen LogP contribution in [-0.2, 0) is 27.9 Å². The summed E-state index contributed by atoms with van der Waals surface area (Å²) in [6.45, 7) is 4.83. The molecule has 0 heterocycles. The third-order valence-electron chi connectivity index (χ3n) is 11.0.